The Bertz CT molecular complexity index is 1160. The van der Waals surface area contributed by atoms with Crippen LogP contribution in [0, 0.1) is 12.8 Å². The third-order valence-corrected chi connectivity index (χ3v) is 5.51. The first kappa shape index (κ1) is 23.9. The fourth-order valence-corrected chi connectivity index (χ4v) is 3.19. The van der Waals surface area contributed by atoms with Gasteiger partial charge in [0.15, 0.2) is 0 Å². The summed E-state index contributed by atoms with van der Waals surface area (Å²) < 4.78 is 17.2. The topological polar surface area (TPSA) is 105 Å². The maximum atomic E-state index is 12.5. The monoisotopic (exact) mass is 452 g/mol. The molecule has 0 radical (unpaired) electrons. The summed E-state index contributed by atoms with van der Waals surface area (Å²) in [6, 6.07) is 6.99. The summed E-state index contributed by atoms with van der Waals surface area (Å²) in [6.07, 6.45) is 4.88. The van der Waals surface area contributed by atoms with E-state index in [0.717, 1.165) is 5.69 Å². The van der Waals surface area contributed by atoms with E-state index in [4.69, 9.17) is 9.47 Å². The number of carbonyl (C=O) groups is 1. The molecule has 3 aromatic rings. The van der Waals surface area contributed by atoms with Crippen molar-refractivity contribution in [2.24, 2.45) is 5.92 Å². The van der Waals surface area contributed by atoms with Crippen LogP contribution in [0.2, 0.25) is 0 Å². The van der Waals surface area contributed by atoms with Gasteiger partial charge in [-0.05, 0) is 36.6 Å². The van der Waals surface area contributed by atoms with Gasteiger partial charge < -0.3 is 18.8 Å². The van der Waals surface area contributed by atoms with Gasteiger partial charge >= 0.3 is 5.97 Å². The molecule has 0 aromatic carbocycles. The lowest BCUT2D eigenvalue weighted by molar-refractivity contribution is -0.141. The minimum Gasteiger partial charge on any atom is -0.495 e. The third kappa shape index (κ3) is 5.94. The van der Waals surface area contributed by atoms with Crippen LogP contribution in [0.3, 0.4) is 0 Å². The average molecular weight is 453 g/mol. The van der Waals surface area contributed by atoms with Crippen LogP contribution in [0.15, 0.2) is 47.7 Å². The normalized spacial score (nSPS) is 12.6. The van der Waals surface area contributed by atoms with E-state index >= 15 is 0 Å². The van der Waals surface area contributed by atoms with Crippen molar-refractivity contribution in [1.82, 2.24) is 19.5 Å². The highest BCUT2D eigenvalue weighted by Crippen LogP contribution is 2.29. The molecule has 2 atom stereocenters. The summed E-state index contributed by atoms with van der Waals surface area (Å²) in [5.74, 6) is 1.46. The van der Waals surface area contributed by atoms with Gasteiger partial charge in [-0.2, -0.15) is 4.98 Å². The van der Waals surface area contributed by atoms with Gasteiger partial charge in [0.2, 0.25) is 5.88 Å². The van der Waals surface area contributed by atoms with Crippen molar-refractivity contribution in [3.63, 3.8) is 0 Å². The Hall–Kier alpha value is -3.75. The quantitative estimate of drug-likeness (QED) is 0.456. The van der Waals surface area contributed by atoms with Crippen LogP contribution in [-0.4, -0.2) is 46.3 Å². The zero-order valence-electron chi connectivity index (χ0n) is 19.4. The van der Waals surface area contributed by atoms with E-state index in [0.29, 0.717) is 35.2 Å². The number of rotatable bonds is 9. The molecule has 0 bridgehead atoms. The Labute approximate surface area is 192 Å². The molecule has 0 aliphatic carbocycles. The minimum atomic E-state index is -0.498. The number of pyridine rings is 2. The number of hydrogen-bond acceptors (Lipinski definition) is 8. The summed E-state index contributed by atoms with van der Waals surface area (Å²) in [5.41, 5.74) is 1.82. The number of methoxy groups -OCH3 is 2. The lowest BCUT2D eigenvalue weighted by atomic mass is 9.93. The van der Waals surface area contributed by atoms with Gasteiger partial charge in [0.1, 0.15) is 18.1 Å². The van der Waals surface area contributed by atoms with E-state index in [1.807, 2.05) is 12.1 Å². The Morgan fingerprint density at radius 1 is 1.12 bits per heavy atom. The molecule has 0 saturated heterocycles. The maximum absolute atomic E-state index is 12.5. The first-order valence-electron chi connectivity index (χ1n) is 10.6. The fourth-order valence-electron chi connectivity index (χ4n) is 3.19. The smallest absolute Gasteiger partial charge is 0.325 e. The van der Waals surface area contributed by atoms with Crippen molar-refractivity contribution in [2.45, 2.75) is 33.2 Å². The van der Waals surface area contributed by atoms with E-state index in [-0.39, 0.29) is 23.9 Å². The first-order valence-corrected chi connectivity index (χ1v) is 10.6. The highest BCUT2D eigenvalue weighted by molar-refractivity contribution is 5.70. The van der Waals surface area contributed by atoms with Crippen LogP contribution in [0.4, 0.5) is 0 Å². The molecular weight excluding hydrogens is 424 g/mol. The van der Waals surface area contributed by atoms with Gasteiger partial charge in [-0.1, -0.05) is 13.8 Å². The fraction of sp³-hybridized carbons (Fsp3) is 0.375. The van der Waals surface area contributed by atoms with E-state index in [9.17, 15) is 9.59 Å². The van der Waals surface area contributed by atoms with Crippen LogP contribution >= 0.6 is 0 Å². The molecular formula is C24H28N4O5. The van der Waals surface area contributed by atoms with E-state index < -0.39 is 5.97 Å². The number of ether oxygens (including phenoxy) is 3. The first-order chi connectivity index (χ1) is 15.8. The molecule has 9 nitrogen and oxygen atoms in total. The standard InChI is InChI=1S/C24H28N4O5/c1-15(16(2)21-7-6-19(31-4)11-26-21)14-33-24-20(12-25-17(3)27-24)18-8-9-28(22(29)10-18)13-23(30)32-5/h6-12,15-16H,13-14H2,1-5H3/t15-,16+/m1/s1. The van der Waals surface area contributed by atoms with Crippen LogP contribution < -0.4 is 15.0 Å². The van der Waals surface area contributed by atoms with Gasteiger partial charge in [-0.15, -0.1) is 0 Å². The second kappa shape index (κ2) is 10.7. The predicted octanol–water partition coefficient (Wildman–Crippen LogP) is 3.01. The van der Waals surface area contributed by atoms with Crippen molar-refractivity contribution in [3.05, 3.63) is 64.7 Å². The van der Waals surface area contributed by atoms with Crippen LogP contribution in [-0.2, 0) is 16.1 Å². The largest absolute Gasteiger partial charge is 0.495 e. The SMILES string of the molecule is COC(=O)Cn1ccc(-c2cnc(C)nc2OC[C@@H](C)[C@H](C)c2ccc(OC)cn2)cc1=O. The number of aromatic nitrogens is 4. The Morgan fingerprint density at radius 2 is 1.91 bits per heavy atom. The zero-order valence-corrected chi connectivity index (χ0v) is 19.4. The molecule has 0 fully saturated rings. The molecule has 0 aliphatic rings. The van der Waals surface area contributed by atoms with E-state index in [1.54, 1.807) is 32.5 Å². The Balaban J connectivity index is 1.78. The van der Waals surface area contributed by atoms with Crippen LogP contribution in [0.25, 0.3) is 11.1 Å². The van der Waals surface area contributed by atoms with Crippen molar-refractivity contribution in [2.75, 3.05) is 20.8 Å². The second-order valence-corrected chi connectivity index (χ2v) is 7.79. The van der Waals surface area contributed by atoms with E-state index in [2.05, 4.69) is 33.5 Å². The zero-order chi connectivity index (χ0) is 24.0. The molecule has 3 rings (SSSR count). The molecule has 0 spiro atoms. The Kier molecular flexibility index (Phi) is 7.76. The van der Waals surface area contributed by atoms with Gasteiger partial charge in [0.05, 0.1) is 32.6 Å². The Morgan fingerprint density at radius 3 is 2.55 bits per heavy atom. The number of aryl methyl sites for hydroxylation is 1. The molecule has 0 saturated carbocycles. The van der Waals surface area contributed by atoms with Gasteiger partial charge in [0.25, 0.3) is 5.56 Å². The molecule has 0 N–H and O–H groups in total. The van der Waals surface area contributed by atoms with Crippen LogP contribution in [0.1, 0.15) is 31.3 Å². The molecule has 174 valence electrons. The van der Waals surface area contributed by atoms with Crippen molar-refractivity contribution in [1.29, 1.82) is 0 Å². The highest BCUT2D eigenvalue weighted by atomic mass is 16.5. The summed E-state index contributed by atoms with van der Waals surface area (Å²) in [5, 5.41) is 0. The molecule has 0 aliphatic heterocycles. The molecule has 0 unspecified atom stereocenters. The van der Waals surface area contributed by atoms with Crippen LogP contribution in [0.5, 0.6) is 11.6 Å². The molecule has 3 aromatic heterocycles. The van der Waals surface area contributed by atoms with Crippen molar-refractivity contribution >= 4 is 5.97 Å². The molecule has 0 amide bonds. The second-order valence-electron chi connectivity index (χ2n) is 7.79. The highest BCUT2D eigenvalue weighted by Gasteiger charge is 2.19. The predicted molar refractivity (Wildman–Crippen MR) is 122 cm³/mol. The number of carbonyl (C=O) groups excluding carboxylic acids is 1. The number of nitrogens with zero attached hydrogens (tertiary/aromatic N) is 4. The third-order valence-electron chi connectivity index (χ3n) is 5.51. The maximum Gasteiger partial charge on any atom is 0.325 e. The molecule has 33 heavy (non-hydrogen) atoms. The van der Waals surface area contributed by atoms with Gasteiger partial charge in [-0.25, -0.2) is 4.98 Å². The lowest BCUT2D eigenvalue weighted by Crippen LogP contribution is -2.23. The van der Waals surface area contributed by atoms with Gasteiger partial charge in [-0.3, -0.25) is 14.6 Å². The summed E-state index contributed by atoms with van der Waals surface area (Å²) in [7, 11) is 2.89. The average Bonchev–Trinajstić information content (AvgIpc) is 2.83. The number of hydrogen-bond donors (Lipinski definition) is 0. The minimum absolute atomic E-state index is 0.141. The number of esters is 1. The molecule has 3 heterocycles. The summed E-state index contributed by atoms with van der Waals surface area (Å²) >= 11 is 0. The lowest BCUT2D eigenvalue weighted by Gasteiger charge is -2.20. The summed E-state index contributed by atoms with van der Waals surface area (Å²) in [6.45, 7) is 6.20. The molecule has 9 heteroatoms. The van der Waals surface area contributed by atoms with Crippen molar-refractivity contribution < 1.29 is 19.0 Å². The van der Waals surface area contributed by atoms with Gasteiger partial charge in [0, 0.05) is 30.1 Å². The van der Waals surface area contributed by atoms with Crippen molar-refractivity contribution in [3.8, 4) is 22.8 Å². The summed E-state index contributed by atoms with van der Waals surface area (Å²) in [4.78, 5) is 37.1. The van der Waals surface area contributed by atoms with E-state index in [1.165, 1.54) is 23.9 Å².